The van der Waals surface area contributed by atoms with E-state index in [2.05, 4.69) is 22.2 Å². The van der Waals surface area contributed by atoms with Crippen LogP contribution in [0.4, 0.5) is 0 Å². The number of nitrogens with two attached hydrogens (primary N) is 1. The first-order chi connectivity index (χ1) is 17.8. The summed E-state index contributed by atoms with van der Waals surface area (Å²) >= 11 is 4.64. The normalized spacial score (nSPS) is 12.6. The van der Waals surface area contributed by atoms with Crippen LogP contribution in [0.15, 0.2) is 54.6 Å². The molecule has 0 radical (unpaired) electrons. The first-order valence-corrected chi connectivity index (χ1v) is 12.0. The highest BCUT2D eigenvalue weighted by Gasteiger charge is 2.27. The molecule has 0 spiro atoms. The molecule has 0 fully saturated rings. The lowest BCUT2D eigenvalue weighted by Crippen LogP contribution is -2.53. The zero-order chi connectivity index (χ0) is 28.8. The monoisotopic (exact) mass is 548 g/mol. The third kappa shape index (κ3) is 11.8. The van der Waals surface area contributed by atoms with Crippen LogP contribution in [0.5, 0.6) is 5.75 Å². The number of aliphatic carboxylic acids is 1. The maximum atomic E-state index is 12.5. The SMILES string of the molecule is CC(=O)Cl.C[C@H](NC(=O)[C@@H](N)Cc1ccc(O)cc1)C(=O)NCC(=O)N(C)[C@@H](Cc1ccccc1)C(=O)O. The van der Waals surface area contributed by atoms with Crippen molar-refractivity contribution in [3.05, 3.63) is 65.7 Å². The van der Waals surface area contributed by atoms with E-state index in [1.54, 1.807) is 36.4 Å². The highest BCUT2D eigenvalue weighted by molar-refractivity contribution is 6.62. The van der Waals surface area contributed by atoms with Crippen molar-refractivity contribution in [2.45, 2.75) is 44.8 Å². The van der Waals surface area contributed by atoms with E-state index in [0.717, 1.165) is 16.0 Å². The molecule has 6 N–H and O–H groups in total. The van der Waals surface area contributed by atoms with Gasteiger partial charge in [0.1, 0.15) is 17.8 Å². The summed E-state index contributed by atoms with van der Waals surface area (Å²) in [7, 11) is 1.36. The molecule has 206 valence electrons. The fraction of sp³-hybridized carbons (Fsp3) is 0.346. The zero-order valence-electron chi connectivity index (χ0n) is 21.4. The molecule has 2 aromatic carbocycles. The Bertz CT molecular complexity index is 1090. The van der Waals surface area contributed by atoms with Crippen molar-refractivity contribution in [3.8, 4) is 5.75 Å². The lowest BCUT2D eigenvalue weighted by Gasteiger charge is -2.25. The molecule has 3 atom stereocenters. The van der Waals surface area contributed by atoms with Gasteiger partial charge in [0, 0.05) is 20.4 Å². The molecule has 2 rings (SSSR count). The van der Waals surface area contributed by atoms with E-state index < -0.39 is 48.4 Å². The van der Waals surface area contributed by atoms with Gasteiger partial charge in [-0.2, -0.15) is 0 Å². The number of aromatic hydroxyl groups is 1. The zero-order valence-corrected chi connectivity index (χ0v) is 22.1. The molecule has 0 unspecified atom stereocenters. The quantitative estimate of drug-likeness (QED) is 0.256. The van der Waals surface area contributed by atoms with Crippen molar-refractivity contribution >= 4 is 40.5 Å². The van der Waals surface area contributed by atoms with Crippen molar-refractivity contribution in [2.24, 2.45) is 5.73 Å². The first-order valence-electron chi connectivity index (χ1n) is 11.6. The third-order valence-electron chi connectivity index (χ3n) is 5.31. The Kier molecular flexibility index (Phi) is 13.5. The molecule has 0 aromatic heterocycles. The number of carboxylic acid groups (broad SMARTS) is 1. The van der Waals surface area contributed by atoms with E-state index in [0.29, 0.717) is 0 Å². The largest absolute Gasteiger partial charge is 0.508 e. The van der Waals surface area contributed by atoms with Crippen LogP contribution in [-0.2, 0) is 36.8 Å². The second-order valence-corrected chi connectivity index (χ2v) is 8.98. The van der Waals surface area contributed by atoms with E-state index in [9.17, 15) is 34.2 Å². The van der Waals surface area contributed by atoms with Gasteiger partial charge in [-0.25, -0.2) is 4.79 Å². The summed E-state index contributed by atoms with van der Waals surface area (Å²) < 4.78 is 0. The first kappa shape index (κ1) is 32.1. The lowest BCUT2D eigenvalue weighted by atomic mass is 10.0. The van der Waals surface area contributed by atoms with Crippen LogP contribution in [0, 0.1) is 0 Å². The van der Waals surface area contributed by atoms with E-state index in [1.807, 2.05) is 6.07 Å². The number of rotatable bonds is 11. The number of halogens is 1. The molecule has 0 aliphatic carbocycles. The van der Waals surface area contributed by atoms with Crippen LogP contribution in [-0.4, -0.2) is 75.8 Å². The van der Waals surface area contributed by atoms with E-state index in [1.165, 1.54) is 33.0 Å². The predicted molar refractivity (Wildman–Crippen MR) is 141 cm³/mol. The summed E-state index contributed by atoms with van der Waals surface area (Å²) in [4.78, 5) is 59.1. The minimum absolute atomic E-state index is 0.0991. The Morgan fingerprint density at radius 3 is 2.00 bits per heavy atom. The molecular weight excluding hydrogens is 516 g/mol. The second-order valence-electron chi connectivity index (χ2n) is 8.44. The van der Waals surface area contributed by atoms with Crippen molar-refractivity contribution in [3.63, 3.8) is 0 Å². The molecule has 2 aromatic rings. The number of nitrogens with one attached hydrogen (secondary N) is 2. The Morgan fingerprint density at radius 2 is 1.47 bits per heavy atom. The number of amides is 3. The van der Waals surface area contributed by atoms with Gasteiger partial charge in [0.2, 0.25) is 23.0 Å². The van der Waals surface area contributed by atoms with Crippen molar-refractivity contribution in [1.29, 1.82) is 0 Å². The van der Waals surface area contributed by atoms with Gasteiger partial charge in [-0.3, -0.25) is 19.2 Å². The number of phenolic OH excluding ortho intramolecular Hbond substituents is 1. The number of phenols is 1. The minimum atomic E-state index is -1.16. The lowest BCUT2D eigenvalue weighted by molar-refractivity contribution is -0.148. The number of benzene rings is 2. The maximum absolute atomic E-state index is 12.5. The van der Waals surface area contributed by atoms with E-state index >= 15 is 0 Å². The van der Waals surface area contributed by atoms with Crippen molar-refractivity contribution in [1.82, 2.24) is 15.5 Å². The van der Waals surface area contributed by atoms with Gasteiger partial charge in [-0.15, -0.1) is 0 Å². The molecule has 12 heteroatoms. The van der Waals surface area contributed by atoms with Gasteiger partial charge >= 0.3 is 5.97 Å². The molecule has 0 aliphatic heterocycles. The molecule has 0 aliphatic rings. The topological polar surface area (TPSA) is 179 Å². The molecular formula is C26H33ClN4O7. The molecule has 3 amide bonds. The summed E-state index contributed by atoms with van der Waals surface area (Å²) in [5, 5.41) is 23.4. The third-order valence-corrected chi connectivity index (χ3v) is 5.31. The second kappa shape index (κ2) is 16.0. The molecule has 0 bridgehead atoms. The number of carbonyl (C=O) groups excluding carboxylic acids is 4. The number of carbonyl (C=O) groups is 5. The fourth-order valence-electron chi connectivity index (χ4n) is 3.21. The number of nitrogens with zero attached hydrogens (tertiary/aromatic N) is 1. The molecule has 0 saturated heterocycles. The number of hydrogen-bond donors (Lipinski definition) is 5. The van der Waals surface area contributed by atoms with Crippen LogP contribution >= 0.6 is 11.6 Å². The number of hydrogen-bond acceptors (Lipinski definition) is 7. The van der Waals surface area contributed by atoms with Crippen LogP contribution in [0.1, 0.15) is 25.0 Å². The fourth-order valence-corrected chi connectivity index (χ4v) is 3.21. The van der Waals surface area contributed by atoms with Gasteiger partial charge in [0.15, 0.2) is 0 Å². The predicted octanol–water partition coefficient (Wildman–Crippen LogP) is 0.809. The number of carboxylic acids is 1. The summed E-state index contributed by atoms with van der Waals surface area (Å²) in [6, 6.07) is 12.2. The van der Waals surface area contributed by atoms with Crippen LogP contribution in [0.25, 0.3) is 0 Å². The maximum Gasteiger partial charge on any atom is 0.326 e. The van der Waals surface area contributed by atoms with Crippen LogP contribution in [0.3, 0.4) is 0 Å². The summed E-state index contributed by atoms with van der Waals surface area (Å²) in [6.07, 6.45) is 0.333. The highest BCUT2D eigenvalue weighted by Crippen LogP contribution is 2.11. The highest BCUT2D eigenvalue weighted by atomic mass is 35.5. The minimum Gasteiger partial charge on any atom is -0.508 e. The summed E-state index contributed by atoms with van der Waals surface area (Å²) in [6.45, 7) is 2.32. The van der Waals surface area contributed by atoms with E-state index in [-0.39, 0.29) is 23.8 Å². The molecule has 0 heterocycles. The Morgan fingerprint density at radius 1 is 0.947 bits per heavy atom. The Balaban J connectivity index is 0.00000168. The Labute approximate surface area is 226 Å². The average molecular weight is 549 g/mol. The van der Waals surface area contributed by atoms with Gasteiger partial charge in [0.25, 0.3) is 0 Å². The summed E-state index contributed by atoms with van der Waals surface area (Å²) in [5.41, 5.74) is 7.41. The van der Waals surface area contributed by atoms with Gasteiger partial charge in [-0.1, -0.05) is 42.5 Å². The molecule has 0 saturated carbocycles. The summed E-state index contributed by atoms with van der Waals surface area (Å²) in [5.74, 6) is -2.80. The molecule has 11 nitrogen and oxygen atoms in total. The van der Waals surface area contributed by atoms with Crippen molar-refractivity contribution in [2.75, 3.05) is 13.6 Å². The molecule has 38 heavy (non-hydrogen) atoms. The van der Waals surface area contributed by atoms with E-state index in [4.69, 9.17) is 5.73 Å². The smallest absolute Gasteiger partial charge is 0.326 e. The van der Waals surface area contributed by atoms with Crippen LogP contribution < -0.4 is 16.4 Å². The Hall–Kier alpha value is -3.96. The standard InChI is InChI=1S/C24H30N4O6.C2H3ClO/c1-15(27-23(32)19(25)12-17-8-10-18(29)11-9-17)22(31)26-14-21(30)28(2)20(24(33)34)13-16-6-4-3-5-7-16;1-2(3)4/h3-11,15,19-20,29H,12-14,25H2,1-2H3,(H,26,31)(H,27,32)(H,33,34);1H3/t15-,19-,20-;/m0./s1. The van der Waals surface area contributed by atoms with Gasteiger partial charge < -0.3 is 31.5 Å². The van der Waals surface area contributed by atoms with Crippen LogP contribution in [0.2, 0.25) is 0 Å². The van der Waals surface area contributed by atoms with Gasteiger partial charge in [0.05, 0.1) is 12.6 Å². The van der Waals surface area contributed by atoms with Gasteiger partial charge in [-0.05, 0) is 48.2 Å². The average Bonchev–Trinajstić information content (AvgIpc) is 2.86. The van der Waals surface area contributed by atoms with Crippen molar-refractivity contribution < 1.29 is 34.2 Å². The number of likely N-dealkylation sites (N-methyl/N-ethyl adjacent to an activating group) is 1.